The standard InChI is InChI=1S/C46H74O15/c1-20-9-14-46(55-19-20)22(3)32-29(61-46)17-28-26-8-7-24-16-25(10-12-44(24,5)27(26)11-13-45(28,32)6)57-43-41(58-30-15-21(2)33(48)37(52)35(30)50)40(36(51)31(18-47)59-43)60-42-39(54)38(53)34(49)23(4)56-42/h7,20-23,25-43,47-54H,8-19H2,1-6H3/t20-,21-,22-,23-,25-,26+,27-,28-,29-,30-,31+,32-,33+,34-,35-,36+,37+,38+,39+,40-,41+,42-,43+,44-,45-,46+/m0/s1. The first-order valence-corrected chi connectivity index (χ1v) is 23.6. The molecule has 8 fully saturated rings. The summed E-state index contributed by atoms with van der Waals surface area (Å²) >= 11 is 0. The van der Waals surface area contributed by atoms with Crippen LogP contribution in [0.1, 0.15) is 106 Å². The van der Waals surface area contributed by atoms with E-state index in [1.165, 1.54) is 18.9 Å². The van der Waals surface area contributed by atoms with E-state index in [0.717, 1.165) is 45.1 Å². The normalized spacial score (nSPS) is 58.4. The van der Waals surface area contributed by atoms with Gasteiger partial charge in [-0.25, -0.2) is 0 Å². The van der Waals surface area contributed by atoms with E-state index in [9.17, 15) is 40.9 Å². The van der Waals surface area contributed by atoms with Crippen LogP contribution in [0.15, 0.2) is 11.6 Å². The van der Waals surface area contributed by atoms with E-state index in [1.54, 1.807) is 6.92 Å². The summed E-state index contributed by atoms with van der Waals surface area (Å²) in [5.74, 6) is 2.23. The Hall–Kier alpha value is -0.860. The van der Waals surface area contributed by atoms with Crippen molar-refractivity contribution < 1.29 is 74.0 Å². The monoisotopic (exact) mass is 867 g/mol. The van der Waals surface area contributed by atoms with Crippen molar-refractivity contribution in [3.05, 3.63) is 11.6 Å². The third-order valence-electron chi connectivity index (χ3n) is 18.2. The lowest BCUT2D eigenvalue weighted by molar-refractivity contribution is -0.374. The van der Waals surface area contributed by atoms with Crippen LogP contribution < -0.4 is 0 Å². The Morgan fingerprint density at radius 2 is 1.48 bits per heavy atom. The number of hydrogen-bond acceptors (Lipinski definition) is 15. The Balaban J connectivity index is 0.937. The van der Waals surface area contributed by atoms with Gasteiger partial charge in [-0.05, 0) is 111 Å². The molecule has 0 aromatic carbocycles. The first-order valence-electron chi connectivity index (χ1n) is 23.6. The summed E-state index contributed by atoms with van der Waals surface area (Å²) < 4.78 is 45.1. The van der Waals surface area contributed by atoms with Gasteiger partial charge in [0.1, 0.15) is 54.9 Å². The largest absolute Gasteiger partial charge is 0.394 e. The molecule has 26 atom stereocenters. The molecule has 0 aromatic rings. The molecule has 0 bridgehead atoms. The number of aliphatic hydroxyl groups is 8. The van der Waals surface area contributed by atoms with Crippen molar-refractivity contribution in [3.63, 3.8) is 0 Å². The predicted octanol–water partition coefficient (Wildman–Crippen LogP) is 1.91. The van der Waals surface area contributed by atoms with Crippen LogP contribution in [0.5, 0.6) is 0 Å². The molecule has 9 rings (SSSR count). The Kier molecular flexibility index (Phi) is 12.5. The second-order valence-electron chi connectivity index (χ2n) is 21.6. The lowest BCUT2D eigenvalue weighted by Gasteiger charge is -2.59. The van der Waals surface area contributed by atoms with Gasteiger partial charge in [-0.3, -0.25) is 0 Å². The number of rotatable bonds is 7. The van der Waals surface area contributed by atoms with Crippen molar-refractivity contribution >= 4 is 0 Å². The topological polar surface area (TPSA) is 226 Å². The maximum absolute atomic E-state index is 11.6. The molecule has 8 N–H and O–H groups in total. The maximum atomic E-state index is 11.6. The van der Waals surface area contributed by atoms with Gasteiger partial charge in [-0.1, -0.05) is 46.3 Å². The summed E-state index contributed by atoms with van der Waals surface area (Å²) in [7, 11) is 0. The van der Waals surface area contributed by atoms with Gasteiger partial charge in [-0.15, -0.1) is 0 Å². The van der Waals surface area contributed by atoms with E-state index < -0.39 is 104 Å². The zero-order valence-electron chi connectivity index (χ0n) is 36.8. The molecule has 0 aromatic heterocycles. The fraction of sp³-hybridized carbons (Fsp3) is 0.957. The van der Waals surface area contributed by atoms with Crippen molar-refractivity contribution in [3.8, 4) is 0 Å². The molecule has 4 saturated carbocycles. The molecular formula is C46H74O15. The Labute approximate surface area is 360 Å². The lowest BCUT2D eigenvalue weighted by atomic mass is 9.47. The SMILES string of the molecule is C[C@H]1CC[C@@]2(OC1)O[C@H]1C[C@H]3[C@@H]4CC=C5C[C@@H](O[C@@H]6O[C@H](CO)[C@@H](O)[C@H](O[C@@H]7O[C@@H](C)[C@H](O)[C@@H](O)[C@H]7O)[C@H]6O[C@H]6C[C@H](C)[C@@H](O)[C@@H](O)[C@H]6O)CC[C@]5(C)[C@H]4CC[C@]3(C)[C@H]1[C@@H]2C. The first-order chi connectivity index (χ1) is 28.9. The zero-order valence-corrected chi connectivity index (χ0v) is 36.8. The van der Waals surface area contributed by atoms with E-state index >= 15 is 0 Å². The second kappa shape index (κ2) is 16.8. The van der Waals surface area contributed by atoms with E-state index in [4.69, 9.17) is 33.2 Å². The number of ether oxygens (including phenoxy) is 7. The quantitative estimate of drug-likeness (QED) is 0.171. The molecular weight excluding hydrogens is 792 g/mol. The summed E-state index contributed by atoms with van der Waals surface area (Å²) in [6.45, 7) is 13.1. The molecule has 0 unspecified atom stereocenters. The highest BCUT2D eigenvalue weighted by atomic mass is 16.7. The van der Waals surface area contributed by atoms with E-state index in [-0.39, 0.29) is 29.5 Å². The molecule has 5 aliphatic carbocycles. The zero-order chi connectivity index (χ0) is 43.5. The Morgan fingerprint density at radius 3 is 2.20 bits per heavy atom. The number of hydrogen-bond donors (Lipinski definition) is 8. The van der Waals surface area contributed by atoms with Gasteiger partial charge in [0.05, 0.1) is 43.7 Å². The van der Waals surface area contributed by atoms with E-state index in [2.05, 4.69) is 33.8 Å². The average molecular weight is 867 g/mol. The van der Waals surface area contributed by atoms with Gasteiger partial charge in [-0.2, -0.15) is 0 Å². The minimum Gasteiger partial charge on any atom is -0.394 e. The minimum atomic E-state index is -1.70. The summed E-state index contributed by atoms with van der Waals surface area (Å²) in [5, 5.41) is 86.3. The molecule has 0 radical (unpaired) electrons. The summed E-state index contributed by atoms with van der Waals surface area (Å²) in [5.41, 5.74) is 1.57. The predicted molar refractivity (Wildman–Crippen MR) is 216 cm³/mol. The van der Waals surface area contributed by atoms with Crippen LogP contribution in [-0.2, 0) is 33.2 Å². The third-order valence-corrected chi connectivity index (χ3v) is 18.2. The summed E-state index contributed by atoms with van der Waals surface area (Å²) in [6, 6.07) is 0. The first kappa shape index (κ1) is 45.3. The molecule has 9 aliphatic rings. The fourth-order valence-electron chi connectivity index (χ4n) is 14.4. The maximum Gasteiger partial charge on any atom is 0.187 e. The lowest BCUT2D eigenvalue weighted by Crippen LogP contribution is -2.66. The molecule has 4 aliphatic heterocycles. The minimum absolute atomic E-state index is 0.00715. The van der Waals surface area contributed by atoms with Crippen molar-refractivity contribution in [2.24, 2.45) is 52.3 Å². The smallest absolute Gasteiger partial charge is 0.187 e. The second-order valence-corrected chi connectivity index (χ2v) is 21.6. The molecule has 0 amide bonds. The molecule has 15 heteroatoms. The third kappa shape index (κ3) is 7.44. The highest BCUT2D eigenvalue weighted by Gasteiger charge is 2.69. The highest BCUT2D eigenvalue weighted by molar-refractivity contribution is 5.26. The number of allylic oxidation sites excluding steroid dienone is 1. The fourth-order valence-corrected chi connectivity index (χ4v) is 14.4. The van der Waals surface area contributed by atoms with Crippen molar-refractivity contribution in [1.29, 1.82) is 0 Å². The van der Waals surface area contributed by atoms with Crippen molar-refractivity contribution in [2.75, 3.05) is 13.2 Å². The van der Waals surface area contributed by atoms with Crippen molar-refractivity contribution in [2.45, 2.75) is 210 Å². The van der Waals surface area contributed by atoms with Crippen LogP contribution in [0.2, 0.25) is 0 Å². The Bertz CT molecular complexity index is 1590. The van der Waals surface area contributed by atoms with Crippen molar-refractivity contribution in [1.82, 2.24) is 0 Å². The molecule has 4 saturated heterocycles. The van der Waals surface area contributed by atoms with Crippen LogP contribution in [0.3, 0.4) is 0 Å². The summed E-state index contributed by atoms with van der Waals surface area (Å²) in [4.78, 5) is 0. The molecule has 1 spiro atoms. The van der Waals surface area contributed by atoms with Gasteiger partial charge in [0.25, 0.3) is 0 Å². The number of fused-ring (bicyclic) bond motifs is 7. The van der Waals surface area contributed by atoms with Crippen LogP contribution in [0.4, 0.5) is 0 Å². The van der Waals surface area contributed by atoms with Gasteiger partial charge in [0.15, 0.2) is 18.4 Å². The molecule has 61 heavy (non-hydrogen) atoms. The van der Waals surface area contributed by atoms with E-state index in [0.29, 0.717) is 48.3 Å². The van der Waals surface area contributed by atoms with Gasteiger partial charge < -0.3 is 74.0 Å². The molecule has 15 nitrogen and oxygen atoms in total. The van der Waals surface area contributed by atoms with Crippen LogP contribution in [-0.4, -0.2) is 158 Å². The summed E-state index contributed by atoms with van der Waals surface area (Å²) in [6.07, 6.45) is -7.71. The molecule has 4 heterocycles. The van der Waals surface area contributed by atoms with E-state index in [1.807, 2.05) is 0 Å². The average Bonchev–Trinajstić information content (AvgIpc) is 3.69. The van der Waals surface area contributed by atoms with Crippen LogP contribution in [0.25, 0.3) is 0 Å². The highest BCUT2D eigenvalue weighted by Crippen LogP contribution is 2.70. The van der Waals surface area contributed by atoms with Gasteiger partial charge in [0.2, 0.25) is 0 Å². The van der Waals surface area contributed by atoms with Gasteiger partial charge >= 0.3 is 0 Å². The van der Waals surface area contributed by atoms with Crippen LogP contribution >= 0.6 is 0 Å². The number of aliphatic hydroxyl groups excluding tert-OH is 8. The Morgan fingerprint density at radius 1 is 0.721 bits per heavy atom. The molecule has 348 valence electrons. The van der Waals surface area contributed by atoms with Crippen LogP contribution in [0, 0.1) is 52.3 Å². The van der Waals surface area contributed by atoms with Gasteiger partial charge in [0, 0.05) is 12.3 Å².